The van der Waals surface area contributed by atoms with E-state index in [4.69, 9.17) is 0 Å². The van der Waals surface area contributed by atoms with E-state index in [2.05, 4.69) is 20.5 Å². The summed E-state index contributed by atoms with van der Waals surface area (Å²) in [6.07, 6.45) is 5.83. The Morgan fingerprint density at radius 2 is 2.18 bits per heavy atom. The quantitative estimate of drug-likeness (QED) is 0.755. The van der Waals surface area contributed by atoms with Crippen LogP contribution in [0.15, 0.2) is 30.6 Å². The minimum atomic E-state index is 0.00491. The smallest absolute Gasteiger partial charge is 0.220 e. The van der Waals surface area contributed by atoms with Crippen molar-refractivity contribution in [1.29, 1.82) is 0 Å². The molecule has 0 atom stereocenters. The Kier molecular flexibility index (Phi) is 4.43. The van der Waals surface area contributed by atoms with Crippen LogP contribution in [0.5, 0.6) is 0 Å². The summed E-state index contributed by atoms with van der Waals surface area (Å²) in [6.45, 7) is 2.49. The second kappa shape index (κ2) is 6.65. The molecule has 0 aliphatic rings. The van der Waals surface area contributed by atoms with Gasteiger partial charge in [-0.3, -0.25) is 4.79 Å². The van der Waals surface area contributed by atoms with E-state index in [1.807, 2.05) is 41.9 Å². The first-order valence-electron chi connectivity index (χ1n) is 7.25. The fourth-order valence-electron chi connectivity index (χ4n) is 2.11. The molecule has 22 heavy (non-hydrogen) atoms. The van der Waals surface area contributed by atoms with Crippen molar-refractivity contribution in [2.75, 3.05) is 0 Å². The van der Waals surface area contributed by atoms with Crippen LogP contribution in [0.4, 0.5) is 0 Å². The average Bonchev–Trinajstić information content (AvgIpc) is 3.16. The van der Waals surface area contributed by atoms with Gasteiger partial charge in [-0.15, -0.1) is 10.2 Å². The lowest BCUT2D eigenvalue weighted by atomic mass is 10.2. The van der Waals surface area contributed by atoms with Crippen molar-refractivity contribution in [2.24, 2.45) is 0 Å². The molecule has 0 radical (unpaired) electrons. The van der Waals surface area contributed by atoms with Crippen molar-refractivity contribution in [1.82, 2.24) is 24.9 Å². The van der Waals surface area contributed by atoms with Gasteiger partial charge in [0, 0.05) is 18.8 Å². The van der Waals surface area contributed by atoms with E-state index < -0.39 is 0 Å². The molecule has 0 fully saturated rings. The van der Waals surface area contributed by atoms with Gasteiger partial charge in [0.05, 0.1) is 12.2 Å². The van der Waals surface area contributed by atoms with Gasteiger partial charge in [-0.05, 0) is 25.0 Å². The van der Waals surface area contributed by atoms with Crippen molar-refractivity contribution < 1.29 is 4.79 Å². The second-order valence-corrected chi connectivity index (χ2v) is 6.06. The molecule has 0 aliphatic heterocycles. The van der Waals surface area contributed by atoms with Crippen molar-refractivity contribution in [3.05, 3.63) is 46.3 Å². The largest absolute Gasteiger partial charge is 0.350 e. The van der Waals surface area contributed by atoms with Crippen LogP contribution in [0, 0.1) is 0 Å². The van der Waals surface area contributed by atoms with E-state index in [1.165, 1.54) is 11.3 Å². The third-order valence-corrected chi connectivity index (χ3v) is 4.34. The third kappa shape index (κ3) is 3.48. The van der Waals surface area contributed by atoms with Gasteiger partial charge < -0.3 is 9.72 Å². The first kappa shape index (κ1) is 14.6. The van der Waals surface area contributed by atoms with Crippen LogP contribution in [0.2, 0.25) is 0 Å². The highest BCUT2D eigenvalue weighted by Gasteiger charge is 2.07. The standard InChI is InChI=1S/C15H17N5OS/c1-2-14-18-19-15(22-14)9-16-13(21)7-6-11-10-20-8-4-3-5-12(20)17-11/h3-5,8,10H,2,6-7,9H2,1H3,(H,16,21). The Balaban J connectivity index is 1.49. The molecule has 0 spiro atoms. The monoisotopic (exact) mass is 315 g/mol. The average molecular weight is 315 g/mol. The number of carbonyl (C=O) groups excluding carboxylic acids is 1. The van der Waals surface area contributed by atoms with E-state index in [-0.39, 0.29) is 5.91 Å². The van der Waals surface area contributed by atoms with Crippen LogP contribution < -0.4 is 5.32 Å². The molecule has 6 nitrogen and oxygen atoms in total. The lowest BCUT2D eigenvalue weighted by molar-refractivity contribution is -0.121. The predicted molar refractivity (Wildman–Crippen MR) is 84.6 cm³/mol. The number of imidazole rings is 1. The highest BCUT2D eigenvalue weighted by molar-refractivity contribution is 7.11. The normalized spacial score (nSPS) is 11.0. The van der Waals surface area contributed by atoms with Crippen molar-refractivity contribution >= 4 is 22.9 Å². The molecule has 3 heterocycles. The zero-order chi connectivity index (χ0) is 15.4. The number of nitrogens with one attached hydrogen (secondary N) is 1. The Bertz CT molecular complexity index is 746. The predicted octanol–water partition coefficient (Wildman–Crippen LogP) is 2.00. The Morgan fingerprint density at radius 1 is 1.32 bits per heavy atom. The highest BCUT2D eigenvalue weighted by Crippen LogP contribution is 2.10. The molecule has 0 aromatic carbocycles. The number of hydrogen-bond donors (Lipinski definition) is 1. The van der Waals surface area contributed by atoms with Crippen LogP contribution in [0.25, 0.3) is 5.65 Å². The van der Waals surface area contributed by atoms with E-state index >= 15 is 0 Å². The van der Waals surface area contributed by atoms with E-state index in [9.17, 15) is 4.79 Å². The minimum absolute atomic E-state index is 0.00491. The number of hydrogen-bond acceptors (Lipinski definition) is 5. The summed E-state index contributed by atoms with van der Waals surface area (Å²) < 4.78 is 1.96. The van der Waals surface area contributed by atoms with Crippen molar-refractivity contribution in [2.45, 2.75) is 32.7 Å². The molecule has 3 aromatic heterocycles. The molecule has 0 unspecified atom stereocenters. The molecule has 0 saturated carbocycles. The summed E-state index contributed by atoms with van der Waals surface area (Å²) in [5, 5.41) is 12.8. The van der Waals surface area contributed by atoms with E-state index in [0.29, 0.717) is 19.4 Å². The van der Waals surface area contributed by atoms with Gasteiger partial charge in [0.1, 0.15) is 15.7 Å². The zero-order valence-electron chi connectivity index (χ0n) is 12.3. The van der Waals surface area contributed by atoms with Crippen LogP contribution in [0.1, 0.15) is 29.1 Å². The summed E-state index contributed by atoms with van der Waals surface area (Å²) in [7, 11) is 0. The molecule has 1 amide bonds. The molecule has 0 bridgehead atoms. The summed E-state index contributed by atoms with van der Waals surface area (Å²) in [6, 6.07) is 5.85. The zero-order valence-corrected chi connectivity index (χ0v) is 13.1. The van der Waals surface area contributed by atoms with E-state index in [1.54, 1.807) is 0 Å². The minimum Gasteiger partial charge on any atom is -0.350 e. The molecule has 3 aromatic rings. The van der Waals surface area contributed by atoms with Crippen molar-refractivity contribution in [3.63, 3.8) is 0 Å². The van der Waals surface area contributed by atoms with Gasteiger partial charge in [-0.25, -0.2) is 4.98 Å². The Hall–Kier alpha value is -2.28. The fraction of sp³-hybridized carbons (Fsp3) is 0.333. The number of fused-ring (bicyclic) bond motifs is 1. The third-order valence-electron chi connectivity index (χ3n) is 3.27. The number of nitrogens with zero attached hydrogens (tertiary/aromatic N) is 4. The fourth-order valence-corrected chi connectivity index (χ4v) is 2.84. The number of amides is 1. The summed E-state index contributed by atoms with van der Waals surface area (Å²) >= 11 is 1.54. The number of pyridine rings is 1. The van der Waals surface area contributed by atoms with Crippen LogP contribution >= 0.6 is 11.3 Å². The number of carbonyl (C=O) groups is 1. The molecule has 1 N–H and O–H groups in total. The maximum atomic E-state index is 11.9. The molecule has 114 valence electrons. The maximum absolute atomic E-state index is 11.9. The van der Waals surface area contributed by atoms with Crippen LogP contribution in [0.3, 0.4) is 0 Å². The van der Waals surface area contributed by atoms with Gasteiger partial charge in [0.25, 0.3) is 0 Å². The summed E-state index contributed by atoms with van der Waals surface area (Å²) in [4.78, 5) is 16.4. The van der Waals surface area contributed by atoms with Crippen LogP contribution in [-0.4, -0.2) is 25.5 Å². The van der Waals surface area contributed by atoms with Gasteiger partial charge in [-0.1, -0.05) is 24.3 Å². The Labute approximate surface area is 132 Å². The topological polar surface area (TPSA) is 72.2 Å². The van der Waals surface area contributed by atoms with Crippen molar-refractivity contribution in [3.8, 4) is 0 Å². The van der Waals surface area contributed by atoms with Gasteiger partial charge >= 0.3 is 0 Å². The second-order valence-electron chi connectivity index (χ2n) is 4.92. The molecular formula is C15H17N5OS. The SMILES string of the molecule is CCc1nnc(CNC(=O)CCc2cn3ccccc3n2)s1. The lowest BCUT2D eigenvalue weighted by Crippen LogP contribution is -2.23. The van der Waals surface area contributed by atoms with Gasteiger partial charge in [0.15, 0.2) is 0 Å². The molecule has 3 rings (SSSR count). The summed E-state index contributed by atoms with van der Waals surface area (Å²) in [5.41, 5.74) is 1.82. The number of aromatic nitrogens is 4. The molecule has 7 heteroatoms. The van der Waals surface area contributed by atoms with E-state index in [0.717, 1.165) is 27.8 Å². The molecular weight excluding hydrogens is 298 g/mol. The van der Waals surface area contributed by atoms with Gasteiger partial charge in [-0.2, -0.15) is 0 Å². The summed E-state index contributed by atoms with van der Waals surface area (Å²) in [5.74, 6) is 0.00491. The maximum Gasteiger partial charge on any atom is 0.220 e. The molecule has 0 saturated heterocycles. The number of aryl methyl sites for hydroxylation is 2. The lowest BCUT2D eigenvalue weighted by Gasteiger charge is -2.01. The number of rotatable bonds is 6. The first-order valence-corrected chi connectivity index (χ1v) is 8.07. The highest BCUT2D eigenvalue weighted by atomic mass is 32.1. The molecule has 0 aliphatic carbocycles. The van der Waals surface area contributed by atoms with Gasteiger partial charge in [0.2, 0.25) is 5.91 Å². The Morgan fingerprint density at radius 3 is 2.95 bits per heavy atom. The van der Waals surface area contributed by atoms with Crippen LogP contribution in [-0.2, 0) is 24.2 Å². The first-order chi connectivity index (χ1) is 10.7.